The van der Waals surface area contributed by atoms with Crippen molar-refractivity contribution >= 4 is 45.0 Å². The van der Waals surface area contributed by atoms with Gasteiger partial charge in [0.1, 0.15) is 5.75 Å². The van der Waals surface area contributed by atoms with Gasteiger partial charge in [0, 0.05) is 17.4 Å². The first kappa shape index (κ1) is 19.9. The molecule has 2 aromatic rings. The minimum Gasteiger partial charge on any atom is -0.481 e. The number of benzene rings is 1. The van der Waals surface area contributed by atoms with Crippen molar-refractivity contribution in [3.05, 3.63) is 51.1 Å². The third-order valence-corrected chi connectivity index (χ3v) is 4.55. The van der Waals surface area contributed by atoms with Crippen LogP contribution in [0.25, 0.3) is 0 Å². The van der Waals surface area contributed by atoms with Gasteiger partial charge in [-0.3, -0.25) is 25.2 Å². The van der Waals surface area contributed by atoms with E-state index in [0.29, 0.717) is 10.6 Å². The summed E-state index contributed by atoms with van der Waals surface area (Å²) in [6.07, 6.45) is -0.749. The fourth-order valence-corrected chi connectivity index (χ4v) is 2.90. The molecule has 1 heterocycles. The summed E-state index contributed by atoms with van der Waals surface area (Å²) in [6.45, 7) is 1.74. The van der Waals surface area contributed by atoms with E-state index in [4.69, 9.17) is 4.74 Å². The van der Waals surface area contributed by atoms with Crippen molar-refractivity contribution in [1.82, 2.24) is 16.2 Å². The molecule has 1 aromatic heterocycles. The van der Waals surface area contributed by atoms with Crippen LogP contribution in [0.3, 0.4) is 0 Å². The zero-order valence-corrected chi connectivity index (χ0v) is 16.4. The molecule has 1 atom stereocenters. The molecule has 0 bridgehead atoms. The molecule has 0 fully saturated rings. The van der Waals surface area contributed by atoms with Crippen LogP contribution in [0.1, 0.15) is 23.0 Å². The summed E-state index contributed by atoms with van der Waals surface area (Å²) in [7, 11) is 0. The third kappa shape index (κ3) is 6.49. The predicted octanol–water partition coefficient (Wildman–Crippen LogP) is 2.25. The number of hydrogen-bond donors (Lipinski definition) is 3. The highest BCUT2D eigenvalue weighted by Crippen LogP contribution is 2.18. The van der Waals surface area contributed by atoms with Gasteiger partial charge in [0.25, 0.3) is 11.8 Å². The number of carbonyl (C=O) groups is 3. The van der Waals surface area contributed by atoms with Gasteiger partial charge in [-0.05, 0) is 36.6 Å². The lowest BCUT2D eigenvalue weighted by molar-refractivity contribution is -0.132. The SMILES string of the molecule is CC(Oc1cccc(Br)c1)C(=O)NNC(=O)CCNC(=O)c1cccs1. The Kier molecular flexibility index (Phi) is 7.61. The Balaban J connectivity index is 1.66. The second-order valence-corrected chi connectivity index (χ2v) is 7.10. The Labute approximate surface area is 163 Å². The monoisotopic (exact) mass is 439 g/mol. The molecule has 0 saturated heterocycles. The molecular weight excluding hydrogens is 422 g/mol. The highest BCUT2D eigenvalue weighted by atomic mass is 79.9. The molecule has 0 aliphatic rings. The van der Waals surface area contributed by atoms with E-state index < -0.39 is 17.9 Å². The van der Waals surface area contributed by atoms with Crippen LogP contribution >= 0.6 is 27.3 Å². The maximum atomic E-state index is 11.9. The molecule has 0 radical (unpaired) electrons. The first-order valence-corrected chi connectivity index (χ1v) is 9.45. The summed E-state index contributed by atoms with van der Waals surface area (Å²) >= 11 is 4.64. The number of hydrazine groups is 1. The van der Waals surface area contributed by atoms with E-state index in [1.54, 1.807) is 42.6 Å². The van der Waals surface area contributed by atoms with Crippen molar-refractivity contribution in [2.75, 3.05) is 6.54 Å². The van der Waals surface area contributed by atoms with Crippen LogP contribution in [0, 0.1) is 0 Å². The second kappa shape index (κ2) is 9.93. The predicted molar refractivity (Wildman–Crippen MR) is 102 cm³/mol. The fourth-order valence-electron chi connectivity index (χ4n) is 1.88. The van der Waals surface area contributed by atoms with Gasteiger partial charge < -0.3 is 10.1 Å². The largest absolute Gasteiger partial charge is 0.481 e. The molecule has 138 valence electrons. The molecule has 2 rings (SSSR count). The average molecular weight is 440 g/mol. The van der Waals surface area contributed by atoms with Crippen LogP contribution in [-0.2, 0) is 9.59 Å². The lowest BCUT2D eigenvalue weighted by Crippen LogP contribution is -2.47. The van der Waals surface area contributed by atoms with E-state index in [1.165, 1.54) is 11.3 Å². The van der Waals surface area contributed by atoms with Crippen molar-refractivity contribution in [2.45, 2.75) is 19.4 Å². The van der Waals surface area contributed by atoms with Gasteiger partial charge in [0.2, 0.25) is 5.91 Å². The minimum atomic E-state index is -0.789. The summed E-state index contributed by atoms with van der Waals surface area (Å²) in [4.78, 5) is 36.0. The van der Waals surface area contributed by atoms with Gasteiger partial charge in [-0.25, -0.2) is 0 Å². The maximum absolute atomic E-state index is 11.9. The van der Waals surface area contributed by atoms with Crippen LogP contribution < -0.4 is 20.9 Å². The van der Waals surface area contributed by atoms with Gasteiger partial charge in [0.05, 0.1) is 4.88 Å². The van der Waals surface area contributed by atoms with Crippen molar-refractivity contribution in [3.8, 4) is 5.75 Å². The zero-order valence-electron chi connectivity index (χ0n) is 14.0. The van der Waals surface area contributed by atoms with Crippen LogP contribution in [0.4, 0.5) is 0 Å². The summed E-state index contributed by atoms with van der Waals surface area (Å²) < 4.78 is 6.33. The van der Waals surface area contributed by atoms with Gasteiger partial charge in [-0.15, -0.1) is 11.3 Å². The molecule has 1 aromatic carbocycles. The van der Waals surface area contributed by atoms with Crippen molar-refractivity contribution < 1.29 is 19.1 Å². The Hall–Kier alpha value is -2.39. The minimum absolute atomic E-state index is 0.0399. The molecule has 1 unspecified atom stereocenters. The summed E-state index contributed by atoms with van der Waals surface area (Å²) in [5.41, 5.74) is 4.59. The van der Waals surface area contributed by atoms with Gasteiger partial charge in [-0.2, -0.15) is 0 Å². The number of carbonyl (C=O) groups excluding carboxylic acids is 3. The molecule has 0 spiro atoms. The number of thiophene rings is 1. The Morgan fingerprint density at radius 3 is 2.69 bits per heavy atom. The lowest BCUT2D eigenvalue weighted by Gasteiger charge is -2.15. The highest BCUT2D eigenvalue weighted by molar-refractivity contribution is 9.10. The molecular formula is C17H18BrN3O4S. The zero-order chi connectivity index (χ0) is 18.9. The van der Waals surface area contributed by atoms with E-state index in [0.717, 1.165) is 4.47 Å². The van der Waals surface area contributed by atoms with Crippen molar-refractivity contribution in [3.63, 3.8) is 0 Å². The van der Waals surface area contributed by atoms with Gasteiger partial charge >= 0.3 is 0 Å². The number of nitrogens with one attached hydrogen (secondary N) is 3. The van der Waals surface area contributed by atoms with Crippen LogP contribution in [0.15, 0.2) is 46.3 Å². The normalized spacial score (nSPS) is 11.3. The number of amides is 3. The summed E-state index contributed by atoms with van der Waals surface area (Å²) in [5, 5.41) is 4.43. The van der Waals surface area contributed by atoms with Crippen LogP contribution in [0.2, 0.25) is 0 Å². The van der Waals surface area contributed by atoms with E-state index in [-0.39, 0.29) is 18.9 Å². The number of hydrogen-bond acceptors (Lipinski definition) is 5. The second-order valence-electron chi connectivity index (χ2n) is 5.24. The average Bonchev–Trinajstić information content (AvgIpc) is 3.14. The third-order valence-electron chi connectivity index (χ3n) is 3.19. The first-order valence-electron chi connectivity index (χ1n) is 7.78. The maximum Gasteiger partial charge on any atom is 0.279 e. The molecule has 3 N–H and O–H groups in total. The fraction of sp³-hybridized carbons (Fsp3) is 0.235. The quantitative estimate of drug-likeness (QED) is 0.576. The molecule has 26 heavy (non-hydrogen) atoms. The highest BCUT2D eigenvalue weighted by Gasteiger charge is 2.15. The summed E-state index contributed by atoms with van der Waals surface area (Å²) in [6, 6.07) is 10.6. The molecule has 0 saturated carbocycles. The van der Waals surface area contributed by atoms with Gasteiger partial charge in [-0.1, -0.05) is 28.1 Å². The topological polar surface area (TPSA) is 96.5 Å². The van der Waals surface area contributed by atoms with Crippen molar-refractivity contribution in [2.24, 2.45) is 0 Å². The van der Waals surface area contributed by atoms with E-state index >= 15 is 0 Å². The van der Waals surface area contributed by atoms with E-state index in [1.807, 2.05) is 6.07 Å². The molecule has 0 aliphatic heterocycles. The Morgan fingerprint density at radius 1 is 1.19 bits per heavy atom. The molecule has 3 amide bonds. The van der Waals surface area contributed by atoms with Crippen molar-refractivity contribution in [1.29, 1.82) is 0 Å². The molecule has 9 heteroatoms. The van der Waals surface area contributed by atoms with Crippen LogP contribution in [0.5, 0.6) is 5.75 Å². The Bertz CT molecular complexity index is 767. The smallest absolute Gasteiger partial charge is 0.279 e. The number of halogens is 1. The first-order chi connectivity index (χ1) is 12.5. The standard InChI is InChI=1S/C17H18BrN3O4S/c1-11(25-13-5-2-4-12(18)10-13)16(23)21-20-15(22)7-8-19-17(24)14-6-3-9-26-14/h2-6,9-11H,7-8H2,1H3,(H,19,24)(H,20,22)(H,21,23). The summed E-state index contributed by atoms with van der Waals surface area (Å²) in [5.74, 6) is -0.599. The lowest BCUT2D eigenvalue weighted by atomic mass is 10.3. The molecule has 7 nitrogen and oxygen atoms in total. The molecule has 0 aliphatic carbocycles. The number of rotatable bonds is 7. The van der Waals surface area contributed by atoms with E-state index in [9.17, 15) is 14.4 Å². The Morgan fingerprint density at radius 2 is 2.00 bits per heavy atom. The number of ether oxygens (including phenoxy) is 1. The van der Waals surface area contributed by atoms with E-state index in [2.05, 4.69) is 32.1 Å². The van der Waals surface area contributed by atoms with Crippen LogP contribution in [-0.4, -0.2) is 30.4 Å². The van der Waals surface area contributed by atoms with Gasteiger partial charge in [0.15, 0.2) is 6.10 Å².